The van der Waals surface area contributed by atoms with Crippen LogP contribution in [0.25, 0.3) is 10.8 Å². The Labute approximate surface area is 181 Å². The van der Waals surface area contributed by atoms with Crippen molar-refractivity contribution < 1.29 is 23.9 Å². The lowest BCUT2D eigenvalue weighted by molar-refractivity contribution is -0.139. The van der Waals surface area contributed by atoms with Crippen LogP contribution in [0.1, 0.15) is 10.4 Å². The molecule has 1 amide bonds. The van der Waals surface area contributed by atoms with Crippen LogP contribution in [-0.2, 0) is 14.3 Å². The standard InChI is InChI=1S/C22H16ClNO5S/c23-15-5-1-3-13-4-2-6-19(22(13)15)30-12-21(27)29-10-17(25)14-7-8-18-16(9-14)24-20(26)11-28-18/h1-9H,10-12H2,(H,24,26). The number of ketones is 1. The minimum atomic E-state index is -0.507. The summed E-state index contributed by atoms with van der Waals surface area (Å²) in [6.07, 6.45) is 0. The predicted molar refractivity (Wildman–Crippen MR) is 116 cm³/mol. The lowest BCUT2D eigenvalue weighted by atomic mass is 10.1. The zero-order chi connectivity index (χ0) is 21.1. The minimum Gasteiger partial charge on any atom is -0.482 e. The van der Waals surface area contributed by atoms with E-state index in [0.29, 0.717) is 22.0 Å². The molecule has 0 aliphatic carbocycles. The first-order valence-corrected chi connectivity index (χ1v) is 10.4. The summed E-state index contributed by atoms with van der Waals surface area (Å²) in [7, 11) is 0. The number of fused-ring (bicyclic) bond motifs is 2. The lowest BCUT2D eigenvalue weighted by Gasteiger charge is -2.18. The largest absolute Gasteiger partial charge is 0.482 e. The molecule has 0 unspecified atom stereocenters. The zero-order valence-corrected chi connectivity index (χ0v) is 17.2. The highest BCUT2D eigenvalue weighted by Crippen LogP contribution is 2.33. The van der Waals surface area contributed by atoms with E-state index in [0.717, 1.165) is 15.7 Å². The van der Waals surface area contributed by atoms with E-state index in [-0.39, 0.29) is 30.7 Å². The van der Waals surface area contributed by atoms with Gasteiger partial charge in [0.1, 0.15) is 5.75 Å². The topological polar surface area (TPSA) is 81.7 Å². The van der Waals surface area contributed by atoms with Gasteiger partial charge in [-0.15, -0.1) is 11.8 Å². The normalized spacial score (nSPS) is 12.6. The molecule has 0 fully saturated rings. The maximum atomic E-state index is 12.4. The number of amides is 1. The van der Waals surface area contributed by atoms with Crippen LogP contribution >= 0.6 is 23.4 Å². The summed E-state index contributed by atoms with van der Waals surface area (Å²) in [6.45, 7) is -0.444. The Bertz CT molecular complexity index is 1160. The number of carbonyl (C=O) groups is 3. The monoisotopic (exact) mass is 441 g/mol. The molecule has 1 N–H and O–H groups in total. The van der Waals surface area contributed by atoms with Gasteiger partial charge in [0.25, 0.3) is 5.91 Å². The number of esters is 1. The van der Waals surface area contributed by atoms with Gasteiger partial charge in [-0.1, -0.05) is 35.9 Å². The molecular formula is C22H16ClNO5S. The van der Waals surface area contributed by atoms with Gasteiger partial charge in [0, 0.05) is 20.9 Å². The number of ether oxygens (including phenoxy) is 2. The second-order valence-corrected chi connectivity index (χ2v) is 7.94. The Hall–Kier alpha value is -3.03. The minimum absolute atomic E-state index is 0.0473. The van der Waals surface area contributed by atoms with Crippen LogP contribution in [0.4, 0.5) is 5.69 Å². The summed E-state index contributed by atoms with van der Waals surface area (Å²) in [4.78, 5) is 36.8. The fourth-order valence-electron chi connectivity index (χ4n) is 3.05. The van der Waals surface area contributed by atoms with Crippen molar-refractivity contribution in [2.45, 2.75) is 4.90 Å². The molecule has 6 nitrogen and oxygen atoms in total. The SMILES string of the molecule is O=C1COc2ccc(C(=O)COC(=O)CSc3cccc4cccc(Cl)c34)cc2N1. The molecule has 0 aromatic heterocycles. The first-order valence-electron chi connectivity index (χ1n) is 9.07. The average Bonchev–Trinajstić information content (AvgIpc) is 2.75. The van der Waals surface area contributed by atoms with E-state index in [2.05, 4.69) is 5.32 Å². The summed E-state index contributed by atoms with van der Waals surface area (Å²) in [5.74, 6) is -0.625. The third-order valence-corrected chi connectivity index (χ3v) is 5.81. The van der Waals surface area contributed by atoms with Crippen LogP contribution in [0, 0.1) is 0 Å². The Kier molecular flexibility index (Phi) is 5.92. The maximum Gasteiger partial charge on any atom is 0.316 e. The molecule has 8 heteroatoms. The van der Waals surface area contributed by atoms with Crippen LogP contribution in [0.3, 0.4) is 0 Å². The van der Waals surface area contributed by atoms with Crippen molar-refractivity contribution in [1.82, 2.24) is 0 Å². The number of hydrogen-bond acceptors (Lipinski definition) is 6. The molecule has 1 aliphatic rings. The van der Waals surface area contributed by atoms with Gasteiger partial charge in [-0.3, -0.25) is 14.4 Å². The molecule has 30 heavy (non-hydrogen) atoms. The first kappa shape index (κ1) is 20.3. The smallest absolute Gasteiger partial charge is 0.316 e. The highest BCUT2D eigenvalue weighted by atomic mass is 35.5. The highest BCUT2D eigenvalue weighted by molar-refractivity contribution is 8.00. The number of anilines is 1. The molecule has 1 aliphatic heterocycles. The molecule has 0 spiro atoms. The third-order valence-electron chi connectivity index (χ3n) is 4.46. The molecule has 0 radical (unpaired) electrons. The molecule has 152 valence electrons. The van der Waals surface area contributed by atoms with Crippen LogP contribution in [0.2, 0.25) is 5.02 Å². The van der Waals surface area contributed by atoms with Crippen molar-refractivity contribution >= 4 is 57.5 Å². The van der Waals surface area contributed by atoms with Crippen molar-refractivity contribution in [2.75, 3.05) is 24.3 Å². The summed E-state index contributed by atoms with van der Waals surface area (Å²) in [5.41, 5.74) is 0.743. The van der Waals surface area contributed by atoms with Crippen molar-refractivity contribution in [3.8, 4) is 5.75 Å². The lowest BCUT2D eigenvalue weighted by Crippen LogP contribution is -2.25. The number of halogens is 1. The van der Waals surface area contributed by atoms with Crippen LogP contribution in [0.5, 0.6) is 5.75 Å². The number of Topliss-reactive ketones (excluding diaryl/α,β-unsaturated/α-hetero) is 1. The van der Waals surface area contributed by atoms with Gasteiger partial charge in [-0.2, -0.15) is 0 Å². The van der Waals surface area contributed by atoms with Crippen LogP contribution in [0.15, 0.2) is 59.5 Å². The molecule has 0 atom stereocenters. The Balaban J connectivity index is 1.35. The van der Waals surface area contributed by atoms with E-state index in [9.17, 15) is 14.4 Å². The van der Waals surface area contributed by atoms with Gasteiger partial charge < -0.3 is 14.8 Å². The van der Waals surface area contributed by atoms with Gasteiger partial charge in [0.15, 0.2) is 19.0 Å². The molecule has 3 aromatic carbocycles. The fraction of sp³-hybridized carbons (Fsp3) is 0.136. The molecule has 3 aromatic rings. The second kappa shape index (κ2) is 8.77. The van der Waals surface area contributed by atoms with Crippen LogP contribution in [-0.4, -0.2) is 36.6 Å². The number of benzene rings is 3. The second-order valence-electron chi connectivity index (χ2n) is 6.51. The Morgan fingerprint density at radius 3 is 2.77 bits per heavy atom. The summed E-state index contributed by atoms with van der Waals surface area (Å²) < 4.78 is 10.4. The highest BCUT2D eigenvalue weighted by Gasteiger charge is 2.18. The van der Waals surface area contributed by atoms with Crippen LogP contribution < -0.4 is 10.1 Å². The summed E-state index contributed by atoms with van der Waals surface area (Å²) in [6, 6.07) is 16.0. The van der Waals surface area contributed by atoms with Gasteiger partial charge >= 0.3 is 5.97 Å². The van der Waals surface area contributed by atoms with E-state index >= 15 is 0 Å². The Morgan fingerprint density at radius 2 is 1.93 bits per heavy atom. The number of hydrogen-bond donors (Lipinski definition) is 1. The average molecular weight is 442 g/mol. The van der Waals surface area contributed by atoms with E-state index < -0.39 is 5.97 Å². The maximum absolute atomic E-state index is 12.4. The van der Waals surface area contributed by atoms with Gasteiger partial charge in [0.2, 0.25) is 0 Å². The molecular weight excluding hydrogens is 426 g/mol. The van der Waals surface area contributed by atoms with Crippen molar-refractivity contribution in [2.24, 2.45) is 0 Å². The van der Waals surface area contributed by atoms with Gasteiger partial charge in [0.05, 0.1) is 11.4 Å². The fourth-order valence-corrected chi connectivity index (χ4v) is 4.29. The quantitative estimate of drug-likeness (QED) is 0.348. The molecule has 0 saturated heterocycles. The Morgan fingerprint density at radius 1 is 1.13 bits per heavy atom. The van der Waals surface area contributed by atoms with E-state index in [1.165, 1.54) is 17.8 Å². The summed E-state index contributed by atoms with van der Waals surface area (Å²) in [5, 5.41) is 5.12. The van der Waals surface area contributed by atoms with Crippen molar-refractivity contribution in [3.05, 3.63) is 65.2 Å². The molecule has 0 bridgehead atoms. The predicted octanol–water partition coefficient (Wildman–Crippen LogP) is 4.34. The zero-order valence-electron chi connectivity index (χ0n) is 15.6. The van der Waals surface area contributed by atoms with Gasteiger partial charge in [-0.05, 0) is 35.7 Å². The molecule has 1 heterocycles. The van der Waals surface area contributed by atoms with Gasteiger partial charge in [-0.25, -0.2) is 0 Å². The van der Waals surface area contributed by atoms with E-state index in [4.69, 9.17) is 21.1 Å². The molecule has 0 saturated carbocycles. The van der Waals surface area contributed by atoms with Crippen molar-refractivity contribution in [1.29, 1.82) is 0 Å². The number of carbonyl (C=O) groups excluding carboxylic acids is 3. The first-order chi connectivity index (χ1) is 14.5. The van der Waals surface area contributed by atoms with E-state index in [1.54, 1.807) is 18.2 Å². The summed E-state index contributed by atoms with van der Waals surface area (Å²) >= 11 is 7.60. The molecule has 4 rings (SSSR count). The number of nitrogens with one attached hydrogen (secondary N) is 1. The van der Waals surface area contributed by atoms with E-state index in [1.807, 2.05) is 30.3 Å². The third kappa shape index (κ3) is 4.42. The number of thioether (sulfide) groups is 1. The van der Waals surface area contributed by atoms with Crippen molar-refractivity contribution in [3.63, 3.8) is 0 Å². The number of rotatable bonds is 6.